The lowest BCUT2D eigenvalue weighted by Gasteiger charge is -2.11. The fourth-order valence-corrected chi connectivity index (χ4v) is 1.48. The molecule has 0 amide bonds. The van der Waals surface area contributed by atoms with Crippen LogP contribution in [0.15, 0.2) is 18.2 Å². The van der Waals surface area contributed by atoms with Crippen molar-refractivity contribution in [2.24, 2.45) is 0 Å². The summed E-state index contributed by atoms with van der Waals surface area (Å²) in [5, 5.41) is 9.27. The molecular weight excluding hydrogens is 179 g/mol. The second-order valence-corrected chi connectivity index (χ2v) is 3.86. The quantitative estimate of drug-likeness (QED) is 0.788. The number of halogens is 1. The molecule has 0 fully saturated rings. The highest BCUT2D eigenvalue weighted by atomic mass is 19.1. The predicted octanol–water partition coefficient (Wildman–Crippen LogP) is 2.95. The summed E-state index contributed by atoms with van der Waals surface area (Å²) in [6, 6.07) is 5.54. The molecular formula is C12H17FO. The first-order chi connectivity index (χ1) is 6.50. The first-order valence-electron chi connectivity index (χ1n) is 4.92. The smallest absolute Gasteiger partial charge is 0.122 e. The molecule has 14 heavy (non-hydrogen) atoms. The number of hydrogen-bond acceptors (Lipinski definition) is 1. The Hall–Kier alpha value is -0.890. The average molecular weight is 196 g/mol. The van der Waals surface area contributed by atoms with E-state index in [0.717, 1.165) is 11.1 Å². The normalized spacial score (nSPS) is 15.2. The van der Waals surface area contributed by atoms with E-state index in [1.807, 2.05) is 19.1 Å². The van der Waals surface area contributed by atoms with Gasteiger partial charge < -0.3 is 5.11 Å². The molecule has 2 unspecified atom stereocenters. The number of hydrogen-bond donors (Lipinski definition) is 1. The zero-order chi connectivity index (χ0) is 10.7. The molecule has 2 atom stereocenters. The van der Waals surface area contributed by atoms with E-state index >= 15 is 0 Å². The molecule has 0 bridgehead atoms. The molecule has 1 rings (SSSR count). The van der Waals surface area contributed by atoms with Gasteiger partial charge in [-0.05, 0) is 43.9 Å². The number of alkyl halides is 1. The Morgan fingerprint density at radius 3 is 2.50 bits per heavy atom. The van der Waals surface area contributed by atoms with Crippen LogP contribution in [0.1, 0.15) is 36.7 Å². The van der Waals surface area contributed by atoms with Crippen LogP contribution in [-0.2, 0) is 6.42 Å². The van der Waals surface area contributed by atoms with Crippen LogP contribution in [0, 0.1) is 6.92 Å². The van der Waals surface area contributed by atoms with Crippen LogP contribution in [-0.4, -0.2) is 11.2 Å². The van der Waals surface area contributed by atoms with E-state index in [1.165, 1.54) is 6.92 Å². The minimum atomic E-state index is -0.941. The number of benzene rings is 1. The van der Waals surface area contributed by atoms with Crippen molar-refractivity contribution in [1.82, 2.24) is 0 Å². The largest absolute Gasteiger partial charge is 0.393 e. The summed E-state index contributed by atoms with van der Waals surface area (Å²) in [7, 11) is 0. The van der Waals surface area contributed by atoms with E-state index in [9.17, 15) is 9.50 Å². The van der Waals surface area contributed by atoms with Gasteiger partial charge in [0.1, 0.15) is 6.17 Å². The van der Waals surface area contributed by atoms with Gasteiger partial charge in [-0.2, -0.15) is 0 Å². The summed E-state index contributed by atoms with van der Waals surface area (Å²) >= 11 is 0. The summed E-state index contributed by atoms with van der Waals surface area (Å²) in [5.74, 6) is 0. The van der Waals surface area contributed by atoms with Gasteiger partial charge in [0.2, 0.25) is 0 Å². The monoisotopic (exact) mass is 196 g/mol. The van der Waals surface area contributed by atoms with E-state index in [1.54, 1.807) is 13.0 Å². The number of aliphatic hydroxyl groups excluding tert-OH is 1. The predicted molar refractivity (Wildman–Crippen MR) is 56.1 cm³/mol. The Morgan fingerprint density at radius 1 is 1.36 bits per heavy atom. The van der Waals surface area contributed by atoms with E-state index in [0.29, 0.717) is 12.0 Å². The minimum absolute atomic E-state index is 0.376. The molecule has 0 aliphatic rings. The summed E-state index contributed by atoms with van der Waals surface area (Å²) in [5.41, 5.74) is 2.82. The van der Waals surface area contributed by atoms with E-state index in [4.69, 9.17) is 0 Å². The Balaban J connectivity index is 2.96. The molecule has 78 valence electrons. The zero-order valence-corrected chi connectivity index (χ0v) is 8.92. The second kappa shape index (κ2) is 4.56. The summed E-state index contributed by atoms with van der Waals surface area (Å²) in [6.45, 7) is 5.24. The van der Waals surface area contributed by atoms with Crippen LogP contribution in [0.4, 0.5) is 4.39 Å². The van der Waals surface area contributed by atoms with Gasteiger partial charge in [0.15, 0.2) is 0 Å². The van der Waals surface area contributed by atoms with Crippen molar-refractivity contribution < 1.29 is 9.50 Å². The Bertz CT molecular complexity index is 305. The fourth-order valence-electron chi connectivity index (χ4n) is 1.48. The van der Waals surface area contributed by atoms with Gasteiger partial charge in [0.25, 0.3) is 0 Å². The van der Waals surface area contributed by atoms with E-state index < -0.39 is 6.17 Å². The Morgan fingerprint density at radius 2 is 2.00 bits per heavy atom. The first kappa shape index (κ1) is 11.2. The van der Waals surface area contributed by atoms with Crippen molar-refractivity contribution in [3.05, 3.63) is 34.9 Å². The number of aryl methyl sites for hydroxylation is 1. The van der Waals surface area contributed by atoms with Gasteiger partial charge in [0, 0.05) is 0 Å². The molecule has 0 saturated heterocycles. The highest BCUT2D eigenvalue weighted by Gasteiger charge is 2.07. The maximum absolute atomic E-state index is 13.0. The van der Waals surface area contributed by atoms with Gasteiger partial charge in [0.05, 0.1) is 6.10 Å². The van der Waals surface area contributed by atoms with Crippen molar-refractivity contribution >= 4 is 0 Å². The van der Waals surface area contributed by atoms with Crippen LogP contribution in [0.5, 0.6) is 0 Å². The molecule has 0 saturated carbocycles. The molecule has 0 radical (unpaired) electrons. The third-order valence-electron chi connectivity index (χ3n) is 2.35. The molecule has 0 heterocycles. The Kier molecular flexibility index (Phi) is 3.64. The van der Waals surface area contributed by atoms with Crippen molar-refractivity contribution in [3.8, 4) is 0 Å². The number of aliphatic hydroxyl groups is 1. The van der Waals surface area contributed by atoms with E-state index in [-0.39, 0.29) is 6.10 Å². The molecule has 0 spiro atoms. The molecule has 1 aromatic carbocycles. The summed E-state index contributed by atoms with van der Waals surface area (Å²) in [6.07, 6.45) is -0.728. The standard InChI is InChI=1S/C12H17FO/c1-8-4-5-11(10(3)13)7-12(8)6-9(2)14/h4-5,7,9-10,14H,6H2,1-3H3. The highest BCUT2D eigenvalue weighted by molar-refractivity contribution is 5.32. The third-order valence-corrected chi connectivity index (χ3v) is 2.35. The zero-order valence-electron chi connectivity index (χ0n) is 8.92. The lowest BCUT2D eigenvalue weighted by Crippen LogP contribution is -2.06. The molecule has 0 aliphatic heterocycles. The van der Waals surface area contributed by atoms with Crippen LogP contribution in [0.25, 0.3) is 0 Å². The van der Waals surface area contributed by atoms with E-state index in [2.05, 4.69) is 0 Å². The maximum atomic E-state index is 13.0. The van der Waals surface area contributed by atoms with Crippen LogP contribution >= 0.6 is 0 Å². The average Bonchev–Trinajstić information content (AvgIpc) is 2.07. The van der Waals surface area contributed by atoms with Gasteiger partial charge in [-0.25, -0.2) is 4.39 Å². The first-order valence-corrected chi connectivity index (χ1v) is 4.92. The topological polar surface area (TPSA) is 20.2 Å². The maximum Gasteiger partial charge on any atom is 0.122 e. The minimum Gasteiger partial charge on any atom is -0.393 e. The highest BCUT2D eigenvalue weighted by Crippen LogP contribution is 2.20. The lowest BCUT2D eigenvalue weighted by atomic mass is 9.99. The lowest BCUT2D eigenvalue weighted by molar-refractivity contribution is 0.195. The van der Waals surface area contributed by atoms with Gasteiger partial charge in [-0.1, -0.05) is 18.2 Å². The molecule has 2 heteroatoms. The molecule has 1 aromatic rings. The van der Waals surface area contributed by atoms with Crippen LogP contribution in [0.2, 0.25) is 0 Å². The summed E-state index contributed by atoms with van der Waals surface area (Å²) < 4.78 is 13.0. The van der Waals surface area contributed by atoms with Crippen molar-refractivity contribution in [3.63, 3.8) is 0 Å². The number of rotatable bonds is 3. The van der Waals surface area contributed by atoms with Gasteiger partial charge in [-0.15, -0.1) is 0 Å². The molecule has 1 nitrogen and oxygen atoms in total. The van der Waals surface area contributed by atoms with Gasteiger partial charge in [-0.3, -0.25) is 0 Å². The van der Waals surface area contributed by atoms with Gasteiger partial charge >= 0.3 is 0 Å². The van der Waals surface area contributed by atoms with Crippen LogP contribution < -0.4 is 0 Å². The molecule has 0 aromatic heterocycles. The van der Waals surface area contributed by atoms with Crippen molar-refractivity contribution in [2.75, 3.05) is 0 Å². The SMILES string of the molecule is Cc1ccc(C(C)F)cc1CC(C)O. The molecule has 0 aliphatic carbocycles. The second-order valence-electron chi connectivity index (χ2n) is 3.86. The molecule has 1 N–H and O–H groups in total. The third kappa shape index (κ3) is 2.81. The summed E-state index contributed by atoms with van der Waals surface area (Å²) in [4.78, 5) is 0. The van der Waals surface area contributed by atoms with Crippen molar-refractivity contribution in [2.45, 2.75) is 39.5 Å². The Labute approximate surface area is 84.6 Å². The van der Waals surface area contributed by atoms with Crippen LogP contribution in [0.3, 0.4) is 0 Å². The fraction of sp³-hybridized carbons (Fsp3) is 0.500. The van der Waals surface area contributed by atoms with Crippen molar-refractivity contribution in [1.29, 1.82) is 0 Å².